The molecule has 1 aliphatic rings. The van der Waals surface area contributed by atoms with Gasteiger partial charge in [-0.1, -0.05) is 49.6 Å². The molecule has 0 aliphatic carbocycles. The lowest BCUT2D eigenvalue weighted by molar-refractivity contribution is 0.108. The van der Waals surface area contributed by atoms with Crippen LogP contribution in [0.1, 0.15) is 30.0 Å². The number of nitrogens with zero attached hydrogens (tertiary/aromatic N) is 2. The zero-order valence-corrected chi connectivity index (χ0v) is 15.2. The number of likely N-dealkylation sites (tertiary alicyclic amines) is 1. The second-order valence-corrected chi connectivity index (χ2v) is 6.18. The maximum atomic E-state index is 12.2. The van der Waals surface area contributed by atoms with Crippen molar-refractivity contribution in [3.05, 3.63) is 60.7 Å². The van der Waals surface area contributed by atoms with Gasteiger partial charge in [-0.3, -0.25) is 0 Å². The molecule has 1 fully saturated rings. The van der Waals surface area contributed by atoms with Crippen molar-refractivity contribution in [1.82, 2.24) is 9.80 Å². The van der Waals surface area contributed by atoms with E-state index in [9.17, 15) is 9.59 Å². The van der Waals surface area contributed by atoms with Crippen LogP contribution in [-0.4, -0.2) is 48.8 Å². The van der Waals surface area contributed by atoms with Crippen molar-refractivity contribution in [2.45, 2.75) is 25.4 Å². The van der Waals surface area contributed by atoms with E-state index >= 15 is 0 Å². The minimum Gasteiger partial charge on any atom is -0.445 e. The summed E-state index contributed by atoms with van der Waals surface area (Å²) in [7, 11) is 1.69. The number of ether oxygens (including phenoxy) is 2. The molecule has 1 aromatic rings. The molecule has 0 N–H and O–H groups in total. The summed E-state index contributed by atoms with van der Waals surface area (Å²) in [5, 5.41) is 0. The summed E-state index contributed by atoms with van der Waals surface area (Å²) in [5.74, 6) is 0. The van der Waals surface area contributed by atoms with Crippen LogP contribution in [0.2, 0.25) is 0 Å². The maximum Gasteiger partial charge on any atom is 0.410 e. The molecule has 0 spiro atoms. The molecular weight excluding hydrogens is 332 g/mol. The molecule has 0 saturated carbocycles. The molecular formula is C20H26N2O4. The molecule has 1 heterocycles. The van der Waals surface area contributed by atoms with Gasteiger partial charge in [-0.05, 0) is 24.0 Å². The quantitative estimate of drug-likeness (QED) is 0.694. The van der Waals surface area contributed by atoms with Gasteiger partial charge >= 0.3 is 12.2 Å². The third-order valence-electron chi connectivity index (χ3n) is 4.23. The molecule has 6 nitrogen and oxygen atoms in total. The second-order valence-electron chi connectivity index (χ2n) is 6.18. The van der Waals surface area contributed by atoms with Crippen molar-refractivity contribution < 1.29 is 19.1 Å². The average molecular weight is 358 g/mol. The van der Waals surface area contributed by atoms with E-state index in [4.69, 9.17) is 9.47 Å². The van der Waals surface area contributed by atoms with Crippen LogP contribution < -0.4 is 0 Å². The van der Waals surface area contributed by atoms with Gasteiger partial charge in [0.2, 0.25) is 0 Å². The maximum absolute atomic E-state index is 12.2. The molecule has 1 saturated heterocycles. The fraction of sp³-hybridized carbons (Fsp3) is 0.400. The predicted molar refractivity (Wildman–Crippen MR) is 99.7 cm³/mol. The Hall–Kier alpha value is -2.76. The van der Waals surface area contributed by atoms with Crippen LogP contribution in [0.3, 0.4) is 0 Å². The highest BCUT2D eigenvalue weighted by Gasteiger charge is 2.30. The first-order valence-corrected chi connectivity index (χ1v) is 8.68. The predicted octanol–water partition coefficient (Wildman–Crippen LogP) is 3.90. The molecule has 2 amide bonds. The average Bonchev–Trinajstić information content (AvgIpc) is 3.14. The summed E-state index contributed by atoms with van der Waals surface area (Å²) in [6.07, 6.45) is 4.27. The lowest BCUT2D eigenvalue weighted by Gasteiger charge is -2.24. The highest BCUT2D eigenvalue weighted by atomic mass is 16.6. The van der Waals surface area contributed by atoms with Crippen LogP contribution in [-0.2, 0) is 16.0 Å². The van der Waals surface area contributed by atoms with Gasteiger partial charge in [-0.25, -0.2) is 9.59 Å². The summed E-state index contributed by atoms with van der Waals surface area (Å²) < 4.78 is 10.2. The fourth-order valence-corrected chi connectivity index (χ4v) is 2.97. The summed E-state index contributed by atoms with van der Waals surface area (Å²) in [5.41, 5.74) is 2.06. The Morgan fingerprint density at radius 1 is 1.19 bits per heavy atom. The van der Waals surface area contributed by atoms with Crippen LogP contribution in [0, 0.1) is 0 Å². The monoisotopic (exact) mass is 358 g/mol. The molecule has 6 heteroatoms. The van der Waals surface area contributed by atoms with Gasteiger partial charge in [0.05, 0.1) is 6.04 Å². The van der Waals surface area contributed by atoms with E-state index in [0.717, 1.165) is 24.0 Å². The van der Waals surface area contributed by atoms with E-state index in [1.165, 1.54) is 11.0 Å². The lowest BCUT2D eigenvalue weighted by Crippen LogP contribution is -2.31. The van der Waals surface area contributed by atoms with E-state index in [2.05, 4.69) is 13.2 Å². The van der Waals surface area contributed by atoms with Gasteiger partial charge in [0.1, 0.15) is 13.2 Å². The van der Waals surface area contributed by atoms with E-state index in [1.807, 2.05) is 24.3 Å². The van der Waals surface area contributed by atoms with Crippen LogP contribution in [0.25, 0.3) is 0 Å². The molecule has 0 bridgehead atoms. The summed E-state index contributed by atoms with van der Waals surface area (Å²) in [6.45, 7) is 8.64. The van der Waals surface area contributed by atoms with Crippen molar-refractivity contribution in [3.8, 4) is 0 Å². The first-order chi connectivity index (χ1) is 12.6. The standard InChI is InChI=1S/C20H26N2O4/c1-4-13-25-19(23)21(3)15-16-8-10-17(11-9-16)18-7-6-12-22(18)20(24)26-14-5-2/h4-5,8-11,18H,1-2,6-7,12-15H2,3H3/t18-/m1/s1. The van der Waals surface area contributed by atoms with Crippen molar-refractivity contribution in [3.63, 3.8) is 0 Å². The zero-order chi connectivity index (χ0) is 18.9. The van der Waals surface area contributed by atoms with Crippen LogP contribution >= 0.6 is 0 Å². The van der Waals surface area contributed by atoms with Crippen molar-refractivity contribution in [2.75, 3.05) is 26.8 Å². The summed E-state index contributed by atoms with van der Waals surface area (Å²) in [4.78, 5) is 27.2. The fourth-order valence-electron chi connectivity index (χ4n) is 2.97. The largest absolute Gasteiger partial charge is 0.445 e. The first-order valence-electron chi connectivity index (χ1n) is 8.68. The van der Waals surface area contributed by atoms with Gasteiger partial charge in [0.25, 0.3) is 0 Å². The molecule has 140 valence electrons. The molecule has 26 heavy (non-hydrogen) atoms. The van der Waals surface area contributed by atoms with E-state index < -0.39 is 0 Å². The van der Waals surface area contributed by atoms with Crippen LogP contribution in [0.5, 0.6) is 0 Å². The number of carbonyl (C=O) groups excluding carboxylic acids is 2. The highest BCUT2D eigenvalue weighted by Crippen LogP contribution is 2.32. The molecule has 2 rings (SSSR count). The highest BCUT2D eigenvalue weighted by molar-refractivity contribution is 5.69. The first kappa shape index (κ1) is 19.6. The SMILES string of the molecule is C=CCOC(=O)N(C)Cc1ccc([C@H]2CCCN2C(=O)OCC=C)cc1. The number of hydrogen-bond acceptors (Lipinski definition) is 4. The number of amides is 2. The zero-order valence-electron chi connectivity index (χ0n) is 15.2. The van der Waals surface area contributed by atoms with Crippen molar-refractivity contribution in [2.24, 2.45) is 0 Å². The Morgan fingerprint density at radius 3 is 2.50 bits per heavy atom. The number of carbonyl (C=O) groups is 2. The van der Waals surface area contributed by atoms with Crippen molar-refractivity contribution >= 4 is 12.2 Å². The van der Waals surface area contributed by atoms with Crippen LogP contribution in [0.4, 0.5) is 9.59 Å². The van der Waals surface area contributed by atoms with Gasteiger partial charge in [-0.2, -0.15) is 0 Å². The van der Waals surface area contributed by atoms with Crippen molar-refractivity contribution in [1.29, 1.82) is 0 Å². The Morgan fingerprint density at radius 2 is 1.85 bits per heavy atom. The van der Waals surface area contributed by atoms with E-state index in [-0.39, 0.29) is 31.4 Å². The summed E-state index contributed by atoms with van der Waals surface area (Å²) in [6, 6.07) is 7.97. The minimum atomic E-state index is -0.388. The lowest BCUT2D eigenvalue weighted by atomic mass is 10.0. The Bertz CT molecular complexity index is 642. The third kappa shape index (κ3) is 5.12. The summed E-state index contributed by atoms with van der Waals surface area (Å²) >= 11 is 0. The number of benzene rings is 1. The van der Waals surface area contributed by atoms with Gasteiger partial charge in [0, 0.05) is 20.1 Å². The second kappa shape index (κ2) is 9.65. The smallest absolute Gasteiger partial charge is 0.410 e. The molecule has 0 radical (unpaired) electrons. The molecule has 1 aromatic carbocycles. The van der Waals surface area contributed by atoms with Gasteiger partial charge < -0.3 is 19.3 Å². The molecule has 0 unspecified atom stereocenters. The van der Waals surface area contributed by atoms with Gasteiger partial charge in [0.15, 0.2) is 0 Å². The number of rotatable bonds is 7. The Balaban J connectivity index is 1.97. The van der Waals surface area contributed by atoms with E-state index in [0.29, 0.717) is 13.1 Å². The molecule has 1 aliphatic heterocycles. The Labute approximate surface area is 154 Å². The van der Waals surface area contributed by atoms with Gasteiger partial charge in [-0.15, -0.1) is 0 Å². The van der Waals surface area contributed by atoms with Crippen LogP contribution in [0.15, 0.2) is 49.6 Å². The number of hydrogen-bond donors (Lipinski definition) is 0. The topological polar surface area (TPSA) is 59.1 Å². The third-order valence-corrected chi connectivity index (χ3v) is 4.23. The minimum absolute atomic E-state index is 0.0247. The molecule has 1 atom stereocenters. The van der Waals surface area contributed by atoms with E-state index in [1.54, 1.807) is 18.0 Å². The Kier molecular flexibility index (Phi) is 7.26. The normalized spacial score (nSPS) is 16.0. The molecule has 0 aromatic heterocycles.